The van der Waals surface area contributed by atoms with Crippen LogP contribution in [0.1, 0.15) is 37.3 Å². The zero-order valence-corrected chi connectivity index (χ0v) is 15.7. The van der Waals surface area contributed by atoms with Gasteiger partial charge >= 0.3 is 6.92 Å². The van der Waals surface area contributed by atoms with Gasteiger partial charge in [0.2, 0.25) is 0 Å². The van der Waals surface area contributed by atoms with Crippen LogP contribution in [0.25, 0.3) is 5.57 Å². The molecule has 0 saturated carbocycles. The first kappa shape index (κ1) is 19.1. The van der Waals surface area contributed by atoms with Crippen LogP contribution in [0.5, 0.6) is 11.5 Å². The van der Waals surface area contributed by atoms with Gasteiger partial charge in [-0.3, -0.25) is 0 Å². The number of benzene rings is 2. The summed E-state index contributed by atoms with van der Waals surface area (Å²) in [6.07, 6.45) is 3.12. The molecule has 1 atom stereocenters. The standard InChI is InChI=1S/C21H27BO3/c1-6-20(15-8-10-18(24-4)11-9-15)21(7-2)16-12-17(22(3)23)14-19(13-16)25-5/h6,8-14,21,23H,7H2,1-5H3/b20-6-. The molecule has 3 nitrogen and oxygen atoms in total. The number of ether oxygens (including phenoxy) is 2. The Labute approximate surface area is 151 Å². The third-order valence-electron chi connectivity index (χ3n) is 4.59. The van der Waals surface area contributed by atoms with Crippen molar-refractivity contribution in [2.75, 3.05) is 14.2 Å². The average Bonchev–Trinajstić information content (AvgIpc) is 2.65. The van der Waals surface area contributed by atoms with Gasteiger partial charge in [-0.05, 0) is 59.8 Å². The van der Waals surface area contributed by atoms with E-state index in [1.54, 1.807) is 21.0 Å². The highest BCUT2D eigenvalue weighted by Gasteiger charge is 2.19. The number of allylic oxidation sites excluding steroid dienone is 2. The molecule has 0 aliphatic heterocycles. The Balaban J connectivity index is 2.47. The van der Waals surface area contributed by atoms with Crippen molar-refractivity contribution < 1.29 is 14.5 Å². The molecule has 2 rings (SSSR count). The third-order valence-corrected chi connectivity index (χ3v) is 4.59. The maximum atomic E-state index is 10.0. The summed E-state index contributed by atoms with van der Waals surface area (Å²) in [5, 5.41) is 10.0. The normalized spacial score (nSPS) is 12.6. The first-order valence-electron chi connectivity index (χ1n) is 8.71. The van der Waals surface area contributed by atoms with Gasteiger partial charge in [0.15, 0.2) is 0 Å². The maximum Gasteiger partial charge on any atom is 0.320 e. The summed E-state index contributed by atoms with van der Waals surface area (Å²) in [5.41, 5.74) is 4.46. The lowest BCUT2D eigenvalue weighted by atomic mass is 9.63. The van der Waals surface area contributed by atoms with E-state index in [9.17, 15) is 5.02 Å². The summed E-state index contributed by atoms with van der Waals surface area (Å²) < 4.78 is 10.7. The summed E-state index contributed by atoms with van der Waals surface area (Å²) in [6.45, 7) is 5.50. The fourth-order valence-electron chi connectivity index (χ4n) is 3.19. The van der Waals surface area contributed by atoms with Crippen LogP contribution in [-0.2, 0) is 0 Å². The SMILES string of the molecule is C/C=C(/c1ccc(OC)cc1)C(CC)c1cc(OC)cc(B(C)O)c1. The molecule has 0 amide bonds. The largest absolute Gasteiger partial charge is 0.497 e. The summed E-state index contributed by atoms with van der Waals surface area (Å²) in [6, 6.07) is 14.2. The van der Waals surface area contributed by atoms with Gasteiger partial charge in [-0.15, -0.1) is 0 Å². The van der Waals surface area contributed by atoms with E-state index >= 15 is 0 Å². The first-order chi connectivity index (χ1) is 12.0. The van der Waals surface area contributed by atoms with Crippen molar-refractivity contribution in [3.05, 3.63) is 59.7 Å². The summed E-state index contributed by atoms with van der Waals surface area (Å²) in [5.74, 6) is 1.85. The van der Waals surface area contributed by atoms with Crippen LogP contribution in [0, 0.1) is 0 Å². The number of rotatable bonds is 7. The van der Waals surface area contributed by atoms with Crippen molar-refractivity contribution in [2.45, 2.75) is 33.0 Å². The van der Waals surface area contributed by atoms with Gasteiger partial charge in [-0.25, -0.2) is 0 Å². The van der Waals surface area contributed by atoms with E-state index in [1.165, 1.54) is 11.1 Å². The molecule has 0 spiro atoms. The zero-order chi connectivity index (χ0) is 18.4. The molecule has 1 N–H and O–H groups in total. The van der Waals surface area contributed by atoms with Crippen molar-refractivity contribution in [3.63, 3.8) is 0 Å². The lowest BCUT2D eigenvalue weighted by Crippen LogP contribution is -2.27. The van der Waals surface area contributed by atoms with E-state index in [4.69, 9.17) is 9.47 Å². The van der Waals surface area contributed by atoms with Gasteiger partial charge in [0.05, 0.1) is 14.2 Å². The Morgan fingerprint density at radius 3 is 2.20 bits per heavy atom. The quantitative estimate of drug-likeness (QED) is 0.772. The molecular formula is C21H27BO3. The highest BCUT2D eigenvalue weighted by molar-refractivity contribution is 6.64. The summed E-state index contributed by atoms with van der Waals surface area (Å²) >= 11 is 0. The van der Waals surface area contributed by atoms with E-state index in [-0.39, 0.29) is 5.92 Å². The number of hydrogen-bond donors (Lipinski definition) is 1. The Hall–Kier alpha value is -2.20. The van der Waals surface area contributed by atoms with Gasteiger partial charge < -0.3 is 14.5 Å². The zero-order valence-electron chi connectivity index (χ0n) is 15.7. The van der Waals surface area contributed by atoms with Gasteiger partial charge in [0.1, 0.15) is 11.5 Å². The number of hydrogen-bond acceptors (Lipinski definition) is 3. The van der Waals surface area contributed by atoms with E-state index < -0.39 is 6.92 Å². The Morgan fingerprint density at radius 2 is 1.72 bits per heavy atom. The van der Waals surface area contributed by atoms with Crippen LogP contribution in [-0.4, -0.2) is 26.2 Å². The molecule has 0 saturated heterocycles. The second kappa shape index (κ2) is 8.77. The van der Waals surface area contributed by atoms with E-state index in [0.29, 0.717) is 0 Å². The van der Waals surface area contributed by atoms with Crippen LogP contribution in [0.4, 0.5) is 0 Å². The number of methoxy groups -OCH3 is 2. The van der Waals surface area contributed by atoms with Gasteiger partial charge in [0.25, 0.3) is 0 Å². The minimum atomic E-state index is -0.526. The van der Waals surface area contributed by atoms with E-state index in [0.717, 1.165) is 28.9 Å². The Kier molecular flexibility index (Phi) is 6.71. The molecule has 4 heteroatoms. The molecule has 2 aromatic rings. The summed E-state index contributed by atoms with van der Waals surface area (Å²) in [4.78, 5) is 0. The highest BCUT2D eigenvalue weighted by atomic mass is 16.5. The van der Waals surface area contributed by atoms with Crippen LogP contribution in [0.15, 0.2) is 48.5 Å². The van der Waals surface area contributed by atoms with E-state index in [1.807, 2.05) is 18.2 Å². The summed E-state index contributed by atoms with van der Waals surface area (Å²) in [7, 11) is 3.33. The van der Waals surface area contributed by atoms with Crippen molar-refractivity contribution in [1.82, 2.24) is 0 Å². The monoisotopic (exact) mass is 338 g/mol. The molecular weight excluding hydrogens is 311 g/mol. The molecule has 0 heterocycles. The Bertz CT molecular complexity index is 720. The van der Waals surface area contributed by atoms with Gasteiger partial charge in [0, 0.05) is 5.92 Å². The molecule has 1 unspecified atom stereocenters. The average molecular weight is 338 g/mol. The molecule has 0 fully saturated rings. The molecule has 0 bridgehead atoms. The maximum absolute atomic E-state index is 10.0. The molecule has 0 aromatic heterocycles. The molecule has 2 aromatic carbocycles. The van der Waals surface area contributed by atoms with Crippen molar-refractivity contribution in [2.24, 2.45) is 0 Å². The van der Waals surface area contributed by atoms with Crippen LogP contribution >= 0.6 is 0 Å². The van der Waals surface area contributed by atoms with Crippen molar-refractivity contribution >= 4 is 18.0 Å². The van der Waals surface area contributed by atoms with Crippen molar-refractivity contribution in [1.29, 1.82) is 0 Å². The van der Waals surface area contributed by atoms with Crippen LogP contribution < -0.4 is 14.9 Å². The second-order valence-electron chi connectivity index (χ2n) is 6.15. The fraction of sp³-hybridized carbons (Fsp3) is 0.333. The minimum absolute atomic E-state index is 0.228. The lowest BCUT2D eigenvalue weighted by Gasteiger charge is -2.22. The topological polar surface area (TPSA) is 38.7 Å². The molecule has 25 heavy (non-hydrogen) atoms. The molecule has 132 valence electrons. The Morgan fingerprint density at radius 1 is 1.08 bits per heavy atom. The third kappa shape index (κ3) is 4.46. The van der Waals surface area contributed by atoms with Crippen LogP contribution in [0.3, 0.4) is 0 Å². The fourth-order valence-corrected chi connectivity index (χ4v) is 3.19. The minimum Gasteiger partial charge on any atom is -0.497 e. The molecule has 0 radical (unpaired) electrons. The van der Waals surface area contributed by atoms with Crippen molar-refractivity contribution in [3.8, 4) is 11.5 Å². The molecule has 0 aliphatic carbocycles. The second-order valence-corrected chi connectivity index (χ2v) is 6.15. The lowest BCUT2D eigenvalue weighted by molar-refractivity contribution is 0.414. The predicted octanol–water partition coefficient (Wildman–Crippen LogP) is 4.12. The first-order valence-corrected chi connectivity index (χ1v) is 8.71. The van der Waals surface area contributed by atoms with E-state index in [2.05, 4.69) is 44.2 Å². The van der Waals surface area contributed by atoms with Gasteiger partial charge in [-0.2, -0.15) is 0 Å². The highest BCUT2D eigenvalue weighted by Crippen LogP contribution is 2.36. The van der Waals surface area contributed by atoms with Crippen LogP contribution in [0.2, 0.25) is 6.82 Å². The predicted molar refractivity (Wildman–Crippen MR) is 106 cm³/mol. The smallest absolute Gasteiger partial charge is 0.320 e. The van der Waals surface area contributed by atoms with Gasteiger partial charge in [-0.1, -0.05) is 38.0 Å². The molecule has 0 aliphatic rings.